The summed E-state index contributed by atoms with van der Waals surface area (Å²) in [4.78, 5) is 11.4. The van der Waals surface area contributed by atoms with Crippen LogP contribution in [0.3, 0.4) is 0 Å². The van der Waals surface area contributed by atoms with Gasteiger partial charge in [0.05, 0.1) is 22.1 Å². The molecule has 0 radical (unpaired) electrons. The summed E-state index contributed by atoms with van der Waals surface area (Å²) in [6.45, 7) is 0. The van der Waals surface area contributed by atoms with E-state index in [9.17, 15) is 15.2 Å². The number of hydrogen-bond donors (Lipinski definition) is 1. The normalized spacial score (nSPS) is 15.9. The first-order valence-electron chi connectivity index (χ1n) is 17.8. The highest BCUT2D eigenvalue weighted by atomic mass is 16.4. The summed E-state index contributed by atoms with van der Waals surface area (Å²) in [5.41, 5.74) is 12.7. The Morgan fingerprint density at radius 1 is 0.673 bits per heavy atom. The lowest BCUT2D eigenvalue weighted by Crippen LogP contribution is -2.01. The highest BCUT2D eigenvalue weighted by Crippen LogP contribution is 2.38. The summed E-state index contributed by atoms with van der Waals surface area (Å²) in [5.74, 6) is -1.19. The second-order valence-corrected chi connectivity index (χ2v) is 13.7. The Morgan fingerprint density at radius 3 is 1.94 bits per heavy atom. The van der Waals surface area contributed by atoms with E-state index in [0.29, 0.717) is 0 Å². The molecule has 0 saturated carbocycles. The third-order valence-electron chi connectivity index (χ3n) is 10.5. The number of carboxylic acid groups (broad SMARTS) is 1. The predicted molar refractivity (Wildman–Crippen MR) is 213 cm³/mol. The lowest BCUT2D eigenvalue weighted by Gasteiger charge is -2.18. The number of aliphatic carboxylic acids is 1. The number of nitrogens with zero attached hydrogens (tertiary/aromatic N) is 3. The van der Waals surface area contributed by atoms with Crippen molar-refractivity contribution in [1.29, 1.82) is 5.26 Å². The predicted octanol–water partition coefficient (Wildman–Crippen LogP) is 11.6. The molecular weight excluding hydrogens is 639 g/mol. The minimum atomic E-state index is -1.19. The Balaban J connectivity index is 1.04. The van der Waals surface area contributed by atoms with E-state index < -0.39 is 5.97 Å². The van der Waals surface area contributed by atoms with Crippen LogP contribution >= 0.6 is 0 Å². The van der Waals surface area contributed by atoms with Gasteiger partial charge in [0.15, 0.2) is 0 Å². The first-order chi connectivity index (χ1) is 25.6. The number of aromatic nitrogens is 2. The number of nitriles is 1. The molecule has 2 aromatic heterocycles. The van der Waals surface area contributed by atoms with E-state index in [4.69, 9.17) is 0 Å². The van der Waals surface area contributed by atoms with E-state index in [0.717, 1.165) is 65.5 Å². The van der Waals surface area contributed by atoms with Crippen molar-refractivity contribution in [1.82, 2.24) is 9.13 Å². The van der Waals surface area contributed by atoms with E-state index in [-0.39, 0.29) is 5.57 Å². The molecule has 0 fully saturated rings. The number of fused-ring (bicyclic) bond motifs is 6. The smallest absolute Gasteiger partial charge is 0.346 e. The Bertz CT molecular complexity index is 2740. The number of carboxylic acids is 1. The van der Waals surface area contributed by atoms with Gasteiger partial charge in [0, 0.05) is 32.9 Å². The molecule has 7 aromatic rings. The van der Waals surface area contributed by atoms with E-state index in [1.54, 1.807) is 6.07 Å². The molecule has 5 aromatic carbocycles. The van der Waals surface area contributed by atoms with Crippen molar-refractivity contribution in [3.8, 4) is 11.8 Å². The van der Waals surface area contributed by atoms with Crippen LogP contribution in [0, 0.1) is 11.3 Å². The van der Waals surface area contributed by atoms with Crippen molar-refractivity contribution in [2.24, 2.45) is 0 Å². The summed E-state index contributed by atoms with van der Waals surface area (Å²) >= 11 is 0. The van der Waals surface area contributed by atoms with Gasteiger partial charge < -0.3 is 14.2 Å². The van der Waals surface area contributed by atoms with Crippen molar-refractivity contribution in [3.63, 3.8) is 0 Å². The summed E-state index contributed by atoms with van der Waals surface area (Å²) in [7, 11) is 0. The average Bonchev–Trinajstić information content (AvgIpc) is 3.70. The molecule has 2 heterocycles. The van der Waals surface area contributed by atoms with Gasteiger partial charge in [-0.1, -0.05) is 91.0 Å². The molecule has 0 saturated heterocycles. The zero-order valence-electron chi connectivity index (χ0n) is 28.6. The van der Waals surface area contributed by atoms with Crippen LogP contribution in [0.5, 0.6) is 0 Å². The number of benzene rings is 5. The van der Waals surface area contributed by atoms with E-state index >= 15 is 0 Å². The molecule has 0 amide bonds. The van der Waals surface area contributed by atoms with E-state index in [2.05, 4.69) is 143 Å². The van der Waals surface area contributed by atoms with Crippen LogP contribution in [0.25, 0.3) is 66.6 Å². The number of carbonyl (C=O) groups is 1. The maximum absolute atomic E-state index is 11.4. The van der Waals surface area contributed by atoms with Crippen LogP contribution in [-0.2, 0) is 4.79 Å². The molecule has 0 spiro atoms. The van der Waals surface area contributed by atoms with Gasteiger partial charge in [-0.15, -0.1) is 0 Å². The monoisotopic (exact) mass is 673 g/mol. The Labute approximate surface area is 301 Å². The highest BCUT2D eigenvalue weighted by molar-refractivity contribution is 6.11. The molecule has 52 heavy (non-hydrogen) atoms. The van der Waals surface area contributed by atoms with Crippen molar-refractivity contribution in [3.05, 3.63) is 167 Å². The minimum absolute atomic E-state index is 0.230. The average molecular weight is 674 g/mol. The molecule has 1 N–H and O–H groups in total. The lowest BCUT2D eigenvalue weighted by molar-refractivity contribution is -0.132. The minimum Gasteiger partial charge on any atom is -0.477 e. The zero-order valence-corrected chi connectivity index (χ0v) is 28.6. The molecule has 5 heteroatoms. The summed E-state index contributed by atoms with van der Waals surface area (Å²) in [6, 6.07) is 43.3. The summed E-state index contributed by atoms with van der Waals surface area (Å²) in [6.07, 6.45) is 14.8. The van der Waals surface area contributed by atoms with Crippen LogP contribution in [0.1, 0.15) is 43.2 Å². The lowest BCUT2D eigenvalue weighted by atomic mass is 9.92. The Hall–Kier alpha value is -6.64. The maximum Gasteiger partial charge on any atom is 0.346 e. The number of rotatable bonds is 6. The van der Waals surface area contributed by atoms with Gasteiger partial charge in [0.1, 0.15) is 11.6 Å². The van der Waals surface area contributed by atoms with Crippen molar-refractivity contribution >= 4 is 66.9 Å². The highest BCUT2D eigenvalue weighted by Gasteiger charge is 2.18. The molecule has 0 aliphatic heterocycles. The van der Waals surface area contributed by atoms with Crippen LogP contribution < -0.4 is 0 Å². The van der Waals surface area contributed by atoms with Gasteiger partial charge >= 0.3 is 5.97 Å². The van der Waals surface area contributed by atoms with Crippen LogP contribution in [0.2, 0.25) is 0 Å². The van der Waals surface area contributed by atoms with Gasteiger partial charge in [-0.05, 0) is 115 Å². The number of hydrogen-bond acceptors (Lipinski definition) is 2. The second kappa shape index (κ2) is 12.9. The molecule has 250 valence electrons. The van der Waals surface area contributed by atoms with Crippen molar-refractivity contribution in [2.45, 2.75) is 32.1 Å². The molecule has 2 aliphatic rings. The molecule has 9 rings (SSSR count). The third-order valence-corrected chi connectivity index (χ3v) is 10.5. The van der Waals surface area contributed by atoms with Crippen LogP contribution in [0.15, 0.2) is 156 Å². The van der Waals surface area contributed by atoms with Gasteiger partial charge in [-0.2, -0.15) is 5.26 Å². The molecular formula is C47H35N3O2. The first-order valence-corrected chi connectivity index (χ1v) is 17.8. The van der Waals surface area contributed by atoms with Crippen molar-refractivity contribution < 1.29 is 9.90 Å². The second-order valence-electron chi connectivity index (χ2n) is 13.7. The largest absolute Gasteiger partial charge is 0.477 e. The third kappa shape index (κ3) is 5.46. The maximum atomic E-state index is 11.4. The van der Waals surface area contributed by atoms with E-state index in [1.807, 2.05) is 6.08 Å². The van der Waals surface area contributed by atoms with Gasteiger partial charge in [0.25, 0.3) is 0 Å². The van der Waals surface area contributed by atoms with Gasteiger partial charge in [0.2, 0.25) is 0 Å². The quantitative estimate of drug-likeness (QED) is 0.141. The van der Waals surface area contributed by atoms with Crippen LogP contribution in [0.4, 0.5) is 0 Å². The van der Waals surface area contributed by atoms with E-state index in [1.165, 1.54) is 55.5 Å². The molecule has 5 nitrogen and oxygen atoms in total. The number of allylic oxidation sites excluding steroid dienone is 8. The number of para-hydroxylation sites is 3. The SMILES string of the molecule is N#C/C(=C\C1=CC(=C/c2ccc3c(c2)c2ccccc2n3-c2ccc(C3=CC=C(n4c5ccccc5c5ccccc54)CC3)cc2)/CCC1)C(=O)O. The summed E-state index contributed by atoms with van der Waals surface area (Å²) in [5, 5.41) is 23.5. The molecule has 2 aliphatic carbocycles. The van der Waals surface area contributed by atoms with Gasteiger partial charge in [-0.25, -0.2) is 4.79 Å². The molecule has 0 atom stereocenters. The zero-order chi connectivity index (χ0) is 35.2. The fourth-order valence-corrected chi connectivity index (χ4v) is 8.12. The van der Waals surface area contributed by atoms with Crippen LogP contribution in [-0.4, -0.2) is 20.2 Å². The fourth-order valence-electron chi connectivity index (χ4n) is 8.12. The Morgan fingerprint density at radius 2 is 1.31 bits per heavy atom. The van der Waals surface area contributed by atoms with Gasteiger partial charge in [-0.3, -0.25) is 0 Å². The summed E-state index contributed by atoms with van der Waals surface area (Å²) < 4.78 is 4.78. The first kappa shape index (κ1) is 31.3. The fraction of sp³-hybridized carbons (Fsp3) is 0.106. The van der Waals surface area contributed by atoms with Crippen molar-refractivity contribution in [2.75, 3.05) is 0 Å². The standard InChI is InChI=1S/C47H35N3O2/c48-30-36(47(51)52)28-32-9-7-8-31(26-32)27-33-16-25-46-42(29-33)41-12-3-6-15-45(41)50(46)38-23-19-35(20-24-38)34-17-21-37(22-18-34)49-43-13-4-1-10-39(43)40-11-2-5-14-44(40)49/h1-6,10-17,19-21,23-29H,7-9,18,22H2,(H,51,52)/b31-27+,36-28+. The Kier molecular flexibility index (Phi) is 7.79. The molecule has 0 bridgehead atoms. The molecule has 0 unspecified atom stereocenters. The topological polar surface area (TPSA) is 71.0 Å².